The normalized spacial score (nSPS) is 13.6. The van der Waals surface area contributed by atoms with Crippen molar-refractivity contribution in [2.75, 3.05) is 19.3 Å². The van der Waals surface area contributed by atoms with E-state index in [0.717, 1.165) is 42.4 Å². The number of aryl methyl sites for hydroxylation is 2. The van der Waals surface area contributed by atoms with Crippen molar-refractivity contribution in [1.82, 2.24) is 9.88 Å². The summed E-state index contributed by atoms with van der Waals surface area (Å²) in [7, 11) is 1.84. The van der Waals surface area contributed by atoms with E-state index >= 15 is 0 Å². The van der Waals surface area contributed by atoms with E-state index in [2.05, 4.69) is 13.0 Å². The summed E-state index contributed by atoms with van der Waals surface area (Å²) >= 11 is 1.43. The van der Waals surface area contributed by atoms with Crippen molar-refractivity contribution >= 4 is 33.1 Å². The SMILES string of the molecule is CCCCN(C)C(=O)c1sc2nc3c(cc2c1N)CCC3. The van der Waals surface area contributed by atoms with Crippen molar-refractivity contribution in [2.24, 2.45) is 0 Å². The Kier molecular flexibility index (Phi) is 3.85. The minimum atomic E-state index is 0.0177. The Morgan fingerprint density at radius 3 is 3.05 bits per heavy atom. The van der Waals surface area contributed by atoms with Crippen molar-refractivity contribution in [3.05, 3.63) is 22.2 Å². The molecule has 1 aliphatic carbocycles. The summed E-state index contributed by atoms with van der Waals surface area (Å²) in [5, 5.41) is 0.952. The van der Waals surface area contributed by atoms with Crippen LogP contribution in [0, 0.1) is 0 Å². The summed E-state index contributed by atoms with van der Waals surface area (Å²) in [5.41, 5.74) is 9.30. The van der Waals surface area contributed by atoms with Crippen molar-refractivity contribution in [3.63, 3.8) is 0 Å². The third-order valence-corrected chi connectivity index (χ3v) is 5.24. The van der Waals surface area contributed by atoms with Crippen LogP contribution in [0.2, 0.25) is 0 Å². The molecule has 3 rings (SSSR count). The molecule has 2 heterocycles. The van der Waals surface area contributed by atoms with Gasteiger partial charge in [0.1, 0.15) is 9.71 Å². The lowest BCUT2D eigenvalue weighted by Crippen LogP contribution is -2.27. The monoisotopic (exact) mass is 303 g/mol. The summed E-state index contributed by atoms with van der Waals surface area (Å²) in [5.74, 6) is 0.0177. The van der Waals surface area contributed by atoms with Gasteiger partial charge in [-0.1, -0.05) is 13.3 Å². The first-order valence-corrected chi connectivity index (χ1v) is 8.39. The molecule has 0 radical (unpaired) electrons. The van der Waals surface area contributed by atoms with Crippen LogP contribution in [-0.4, -0.2) is 29.4 Å². The highest BCUT2D eigenvalue weighted by atomic mass is 32.1. The van der Waals surface area contributed by atoms with Gasteiger partial charge in [-0.25, -0.2) is 4.98 Å². The zero-order chi connectivity index (χ0) is 15.0. The van der Waals surface area contributed by atoms with Crippen LogP contribution >= 0.6 is 11.3 Å². The number of nitrogens with zero attached hydrogens (tertiary/aromatic N) is 2. The maximum atomic E-state index is 12.5. The number of unbranched alkanes of at least 4 members (excludes halogenated alkanes) is 1. The Morgan fingerprint density at radius 2 is 2.29 bits per heavy atom. The average molecular weight is 303 g/mol. The zero-order valence-corrected chi connectivity index (χ0v) is 13.4. The molecule has 0 saturated heterocycles. The van der Waals surface area contributed by atoms with Crippen molar-refractivity contribution in [2.45, 2.75) is 39.0 Å². The van der Waals surface area contributed by atoms with Crippen molar-refractivity contribution in [1.29, 1.82) is 0 Å². The second-order valence-corrected chi connectivity index (χ2v) is 6.72. The average Bonchev–Trinajstić information content (AvgIpc) is 3.06. The molecule has 0 aromatic carbocycles. The Morgan fingerprint density at radius 1 is 1.48 bits per heavy atom. The maximum Gasteiger partial charge on any atom is 0.265 e. The molecule has 2 N–H and O–H groups in total. The Labute approximate surface area is 129 Å². The topological polar surface area (TPSA) is 59.2 Å². The van der Waals surface area contributed by atoms with Gasteiger partial charge in [-0.2, -0.15) is 0 Å². The third-order valence-electron chi connectivity index (χ3n) is 4.14. The van der Waals surface area contributed by atoms with Gasteiger partial charge in [-0.05, 0) is 37.3 Å². The molecule has 1 aliphatic rings. The number of fused-ring (bicyclic) bond motifs is 2. The Balaban J connectivity index is 1.96. The number of carbonyl (C=O) groups is 1. The summed E-state index contributed by atoms with van der Waals surface area (Å²) in [6.45, 7) is 2.89. The predicted octanol–water partition coefficient (Wildman–Crippen LogP) is 3.24. The van der Waals surface area contributed by atoms with E-state index in [4.69, 9.17) is 10.7 Å². The van der Waals surface area contributed by atoms with Crippen LogP contribution in [0.5, 0.6) is 0 Å². The fourth-order valence-corrected chi connectivity index (χ4v) is 3.92. The number of nitrogen functional groups attached to an aromatic ring is 1. The lowest BCUT2D eigenvalue weighted by atomic mass is 10.1. The minimum Gasteiger partial charge on any atom is -0.397 e. The molecule has 0 aliphatic heterocycles. The van der Waals surface area contributed by atoms with Crippen LogP contribution in [0.1, 0.15) is 47.1 Å². The van der Waals surface area contributed by atoms with Gasteiger partial charge in [0, 0.05) is 24.7 Å². The van der Waals surface area contributed by atoms with Gasteiger partial charge >= 0.3 is 0 Å². The van der Waals surface area contributed by atoms with E-state index in [1.54, 1.807) is 4.90 Å². The smallest absolute Gasteiger partial charge is 0.265 e. The summed E-state index contributed by atoms with van der Waals surface area (Å²) in [6, 6.07) is 2.14. The van der Waals surface area contributed by atoms with E-state index < -0.39 is 0 Å². The first-order valence-electron chi connectivity index (χ1n) is 7.58. The van der Waals surface area contributed by atoms with Crippen LogP contribution in [0.4, 0.5) is 5.69 Å². The fraction of sp³-hybridized carbons (Fsp3) is 0.500. The lowest BCUT2D eigenvalue weighted by molar-refractivity contribution is 0.0799. The lowest BCUT2D eigenvalue weighted by Gasteiger charge is -2.15. The van der Waals surface area contributed by atoms with Gasteiger partial charge < -0.3 is 10.6 Å². The molecule has 2 aromatic rings. The number of rotatable bonds is 4. The van der Waals surface area contributed by atoms with Gasteiger partial charge in [0.05, 0.1) is 5.69 Å². The summed E-state index contributed by atoms with van der Waals surface area (Å²) in [4.78, 5) is 20.5. The number of nitrogens with two attached hydrogens (primary N) is 1. The van der Waals surface area contributed by atoms with Gasteiger partial charge in [0.25, 0.3) is 5.91 Å². The molecule has 0 unspecified atom stereocenters. The van der Waals surface area contributed by atoms with Gasteiger partial charge in [0.15, 0.2) is 0 Å². The number of hydrogen-bond donors (Lipinski definition) is 1. The molecule has 5 heteroatoms. The van der Waals surface area contributed by atoms with Crippen LogP contribution < -0.4 is 5.73 Å². The van der Waals surface area contributed by atoms with E-state index in [1.165, 1.54) is 29.0 Å². The molecule has 0 saturated carbocycles. The third kappa shape index (κ3) is 2.50. The number of carbonyl (C=O) groups excluding carboxylic acids is 1. The van der Waals surface area contributed by atoms with Crippen LogP contribution in [0.15, 0.2) is 6.07 Å². The van der Waals surface area contributed by atoms with Crippen LogP contribution in [-0.2, 0) is 12.8 Å². The molecule has 0 spiro atoms. The zero-order valence-electron chi connectivity index (χ0n) is 12.6. The van der Waals surface area contributed by atoms with Crippen LogP contribution in [0.25, 0.3) is 10.2 Å². The highest BCUT2D eigenvalue weighted by Crippen LogP contribution is 2.36. The molecule has 4 nitrogen and oxygen atoms in total. The molecular weight excluding hydrogens is 282 g/mol. The van der Waals surface area contributed by atoms with Crippen molar-refractivity contribution < 1.29 is 4.79 Å². The minimum absolute atomic E-state index is 0.0177. The molecule has 1 amide bonds. The Bertz CT molecular complexity index is 692. The van der Waals surface area contributed by atoms with E-state index in [1.807, 2.05) is 7.05 Å². The van der Waals surface area contributed by atoms with Crippen molar-refractivity contribution in [3.8, 4) is 0 Å². The second kappa shape index (κ2) is 5.64. The standard InChI is InChI=1S/C16H21N3OS/c1-3-4-8-19(2)16(20)14-13(17)11-9-10-6-5-7-12(10)18-15(11)21-14/h9H,3-8,17H2,1-2H3. The second-order valence-electron chi connectivity index (χ2n) is 5.73. The predicted molar refractivity (Wildman–Crippen MR) is 87.9 cm³/mol. The molecule has 21 heavy (non-hydrogen) atoms. The number of anilines is 1. The molecular formula is C16H21N3OS. The van der Waals surface area contributed by atoms with Crippen LogP contribution in [0.3, 0.4) is 0 Å². The number of aromatic nitrogens is 1. The van der Waals surface area contributed by atoms with Gasteiger partial charge in [-0.15, -0.1) is 11.3 Å². The number of thiophene rings is 1. The largest absolute Gasteiger partial charge is 0.397 e. The summed E-state index contributed by atoms with van der Waals surface area (Å²) < 4.78 is 0. The van der Waals surface area contributed by atoms with Gasteiger partial charge in [-0.3, -0.25) is 4.79 Å². The fourth-order valence-electron chi connectivity index (χ4n) is 2.83. The first-order chi connectivity index (χ1) is 10.1. The first kappa shape index (κ1) is 14.3. The highest BCUT2D eigenvalue weighted by molar-refractivity contribution is 7.21. The number of pyridine rings is 1. The highest BCUT2D eigenvalue weighted by Gasteiger charge is 2.22. The molecule has 112 valence electrons. The quantitative estimate of drug-likeness (QED) is 0.943. The Hall–Kier alpha value is -1.62. The van der Waals surface area contributed by atoms with Gasteiger partial charge in [0.2, 0.25) is 0 Å². The summed E-state index contributed by atoms with van der Waals surface area (Å²) in [6.07, 6.45) is 5.38. The van der Waals surface area contributed by atoms with E-state index in [0.29, 0.717) is 10.6 Å². The van der Waals surface area contributed by atoms with E-state index in [9.17, 15) is 4.79 Å². The van der Waals surface area contributed by atoms with E-state index in [-0.39, 0.29) is 5.91 Å². The molecule has 0 fully saturated rings. The molecule has 2 aromatic heterocycles. The number of hydrogen-bond acceptors (Lipinski definition) is 4. The molecule has 0 atom stereocenters. The molecule has 0 bridgehead atoms. The maximum absolute atomic E-state index is 12.5. The number of amides is 1.